The second-order valence-corrected chi connectivity index (χ2v) is 13.3. The molecule has 0 aromatic carbocycles. The van der Waals surface area contributed by atoms with Gasteiger partial charge in [-0.15, -0.1) is 0 Å². The molecule has 0 spiro atoms. The van der Waals surface area contributed by atoms with Crippen LogP contribution in [-0.2, 0) is 28.7 Å². The molecule has 1 rings (SSSR count). The molecule has 1 aliphatic rings. The Kier molecular flexibility index (Phi) is 34.9. The number of nitriles is 2. The number of carbonyl (C=O) groups excluding carboxylic acids is 4. The minimum atomic E-state index is -1.61. The van der Waals surface area contributed by atoms with Gasteiger partial charge in [-0.3, -0.25) is 9.59 Å². The average molecular weight is 831 g/mol. The van der Waals surface area contributed by atoms with Crippen LogP contribution in [0, 0.1) is 34.5 Å². The van der Waals surface area contributed by atoms with E-state index in [0.717, 1.165) is 15.1 Å². The van der Waals surface area contributed by atoms with Gasteiger partial charge in [0.05, 0.1) is 66.4 Å². The van der Waals surface area contributed by atoms with Gasteiger partial charge in [-0.1, -0.05) is 73.5 Å². The molecule has 0 saturated carbocycles. The number of imide groups is 1. The molecule has 0 aromatic rings. The highest BCUT2D eigenvalue weighted by atomic mass is 79.9. The van der Waals surface area contributed by atoms with Gasteiger partial charge >= 0.3 is 11.9 Å². The second-order valence-electron chi connectivity index (χ2n) is 8.56. The zero-order valence-electron chi connectivity index (χ0n) is 25.7. The molecule has 2 unspecified atom stereocenters. The molecule has 44 heavy (non-hydrogen) atoms. The molecular weight excluding hydrogens is 792 g/mol. The number of hydrogen-bond donors (Lipinski definition) is 0. The molecule has 0 aliphatic carbocycles. The van der Waals surface area contributed by atoms with Crippen LogP contribution < -0.4 is 0 Å². The Hall–Kier alpha value is -1.74. The molecule has 0 bridgehead atoms. The van der Waals surface area contributed by atoms with Crippen molar-refractivity contribution >= 4 is 102 Å². The Bertz CT molecular complexity index is 991. The predicted molar refractivity (Wildman–Crippen MR) is 181 cm³/mol. The molecule has 250 valence electrons. The van der Waals surface area contributed by atoms with E-state index >= 15 is 0 Å². The first-order chi connectivity index (χ1) is 20.3. The normalized spacial score (nSPS) is 13.4. The first kappa shape index (κ1) is 49.1. The highest BCUT2D eigenvalue weighted by Gasteiger charge is 2.26. The van der Waals surface area contributed by atoms with E-state index in [-0.39, 0.29) is 35.6 Å². The first-order valence-corrected chi connectivity index (χ1v) is 16.2. The molecule has 2 amide bonds. The van der Waals surface area contributed by atoms with Crippen LogP contribution in [0.25, 0.3) is 0 Å². The number of alkyl halides is 5. The van der Waals surface area contributed by atoms with Crippen LogP contribution in [0.2, 0.25) is 0 Å². The van der Waals surface area contributed by atoms with Crippen LogP contribution in [0.3, 0.4) is 0 Å². The Morgan fingerprint density at radius 1 is 0.909 bits per heavy atom. The number of ether oxygens (including phenoxy) is 2. The van der Waals surface area contributed by atoms with Crippen molar-refractivity contribution < 1.29 is 28.7 Å². The van der Waals surface area contributed by atoms with Gasteiger partial charge < -0.3 is 9.47 Å². The van der Waals surface area contributed by atoms with Gasteiger partial charge in [0.15, 0.2) is 0 Å². The highest BCUT2D eigenvalue weighted by Crippen LogP contribution is 2.29. The van der Waals surface area contributed by atoms with E-state index in [0.29, 0.717) is 44.5 Å². The van der Waals surface area contributed by atoms with Crippen LogP contribution in [-0.4, -0.2) is 62.6 Å². The molecule has 2 atom stereocenters. The molecule has 0 aromatic heterocycles. The van der Waals surface area contributed by atoms with E-state index in [4.69, 9.17) is 56.9 Å². The summed E-state index contributed by atoms with van der Waals surface area (Å²) >= 11 is 25.3. The number of esters is 2. The fraction of sp³-hybridized carbons (Fsp3) is 0.630. The monoisotopic (exact) mass is 827 g/mol. The van der Waals surface area contributed by atoms with Crippen LogP contribution in [0.1, 0.15) is 61.3 Å². The molecule has 17 heteroatoms. The molecule has 0 N–H and O–H groups in total. The number of hydrogen-bond acceptors (Lipinski definition) is 10. The number of azo groups is 1. The van der Waals surface area contributed by atoms with Gasteiger partial charge in [0.2, 0.25) is 11.8 Å². The fourth-order valence-electron chi connectivity index (χ4n) is 1.83. The summed E-state index contributed by atoms with van der Waals surface area (Å²) in [7, 11) is 0. The maximum Gasteiger partial charge on any atom is 0.330 e. The number of allylic oxidation sites excluding steroid dienone is 2. The van der Waals surface area contributed by atoms with Gasteiger partial charge in [0.25, 0.3) is 3.25 Å². The molecule has 11 nitrogen and oxygen atoms in total. The van der Waals surface area contributed by atoms with Gasteiger partial charge in [-0.05, 0) is 48.5 Å². The Balaban J connectivity index is -0.000000232. The SMILES string of the molecule is CC(C#N)CN=NCC(C)C#N.CCOC(=O)C=C(C)C.CCOC(=O)C=C(C)CBr.ClC(Cl)(Cl)Cl.O=C1CCC(=O)N1Br. The van der Waals surface area contributed by atoms with Crippen molar-refractivity contribution in [2.45, 2.75) is 64.6 Å². The largest absolute Gasteiger partial charge is 0.463 e. The first-order valence-electron chi connectivity index (χ1n) is 12.9. The van der Waals surface area contributed by atoms with Crippen LogP contribution in [0.5, 0.6) is 0 Å². The third kappa shape index (κ3) is 42.4. The van der Waals surface area contributed by atoms with E-state index in [1.54, 1.807) is 27.7 Å². The minimum absolute atomic E-state index is 0.0915. The summed E-state index contributed by atoms with van der Waals surface area (Å²) in [6, 6.07) is 4.10. The van der Waals surface area contributed by atoms with E-state index in [9.17, 15) is 19.2 Å². The summed E-state index contributed by atoms with van der Waals surface area (Å²) in [5.74, 6) is -0.987. The molecule has 1 fully saturated rings. The Morgan fingerprint density at radius 3 is 1.48 bits per heavy atom. The van der Waals surface area contributed by atoms with Crippen molar-refractivity contribution in [3.8, 4) is 12.1 Å². The van der Waals surface area contributed by atoms with Crippen molar-refractivity contribution in [3.05, 3.63) is 23.3 Å². The number of carbonyl (C=O) groups is 4. The molecule has 1 heterocycles. The maximum atomic E-state index is 10.7. The van der Waals surface area contributed by atoms with Crippen molar-refractivity contribution in [2.24, 2.45) is 22.1 Å². The molecular formula is C27H39Br2Cl4N5O6. The number of nitrogens with zero attached hydrogens (tertiary/aromatic N) is 5. The summed E-state index contributed by atoms with van der Waals surface area (Å²) in [6.45, 7) is 14.5. The number of halogens is 6. The lowest BCUT2D eigenvalue weighted by atomic mass is 10.2. The van der Waals surface area contributed by atoms with E-state index in [2.05, 4.69) is 51.8 Å². The lowest BCUT2D eigenvalue weighted by molar-refractivity contribution is -0.138. The number of amides is 2. The van der Waals surface area contributed by atoms with Crippen molar-refractivity contribution in [1.29, 1.82) is 10.5 Å². The summed E-state index contributed by atoms with van der Waals surface area (Å²) in [5, 5.41) is 25.0. The van der Waals surface area contributed by atoms with Gasteiger partial charge in [-0.2, -0.15) is 20.8 Å². The topological polar surface area (TPSA) is 162 Å². The summed E-state index contributed by atoms with van der Waals surface area (Å²) in [5.41, 5.74) is 1.94. The highest BCUT2D eigenvalue weighted by molar-refractivity contribution is 9.09. The Morgan fingerprint density at radius 2 is 1.25 bits per heavy atom. The van der Waals surface area contributed by atoms with E-state index in [1.807, 2.05) is 32.9 Å². The maximum absolute atomic E-state index is 10.7. The summed E-state index contributed by atoms with van der Waals surface area (Å²) in [4.78, 5) is 42.1. The van der Waals surface area contributed by atoms with Crippen LogP contribution >= 0.6 is 78.5 Å². The van der Waals surface area contributed by atoms with Crippen molar-refractivity contribution in [2.75, 3.05) is 31.6 Å². The third-order valence-corrected chi connectivity index (χ3v) is 5.47. The van der Waals surface area contributed by atoms with Gasteiger partial charge in [0.1, 0.15) is 0 Å². The molecule has 1 aliphatic heterocycles. The van der Waals surface area contributed by atoms with Crippen molar-refractivity contribution in [3.63, 3.8) is 0 Å². The Labute approximate surface area is 297 Å². The zero-order chi connectivity index (χ0) is 35.3. The van der Waals surface area contributed by atoms with Gasteiger partial charge in [-0.25, -0.2) is 13.5 Å². The lowest BCUT2D eigenvalue weighted by Crippen LogP contribution is -2.16. The quantitative estimate of drug-likeness (QED) is 0.0562. The van der Waals surface area contributed by atoms with Crippen molar-refractivity contribution in [1.82, 2.24) is 3.93 Å². The van der Waals surface area contributed by atoms with Gasteiger partial charge in [0, 0.05) is 30.3 Å². The standard InChI is InChI=1S/C8H12N4.C7H11BrO2.C7H12O2.C4H4BrNO2.CCl4/c1-7(3-9)5-11-12-6-8(2)4-10;1-3-10-7(9)4-6(2)5-8;1-4-9-7(8)5-6(2)3;5-6-3(7)1-2-4(6)8;2-1(3,4)5/h7-8H,5-6H2,1-2H3;4H,3,5H2,1-2H3;5H,4H2,1-3H3;1-2H2;. The van der Waals surface area contributed by atoms with E-state index < -0.39 is 3.25 Å². The molecule has 0 radical (unpaired) electrons. The number of rotatable bonds is 9. The smallest absolute Gasteiger partial charge is 0.330 e. The second kappa shape index (κ2) is 31.3. The summed E-state index contributed by atoms with van der Waals surface area (Å²) in [6.07, 6.45) is 3.66. The fourth-order valence-corrected chi connectivity index (χ4v) is 2.35. The molecule has 1 saturated heterocycles. The third-order valence-electron chi connectivity index (χ3n) is 3.80. The average Bonchev–Trinajstić information content (AvgIpc) is 3.21. The lowest BCUT2D eigenvalue weighted by Gasteiger charge is -1.97. The summed E-state index contributed by atoms with van der Waals surface area (Å²) < 4.78 is 8.68. The minimum Gasteiger partial charge on any atom is -0.463 e. The van der Waals surface area contributed by atoms with E-state index in [1.165, 1.54) is 12.2 Å². The predicted octanol–water partition coefficient (Wildman–Crippen LogP) is 8.16. The van der Waals surface area contributed by atoms with Crippen LogP contribution in [0.15, 0.2) is 33.5 Å². The van der Waals surface area contributed by atoms with Crippen LogP contribution in [0.4, 0.5) is 0 Å². The zero-order valence-corrected chi connectivity index (χ0v) is 31.9.